The first kappa shape index (κ1) is 12.6. The lowest BCUT2D eigenvalue weighted by Crippen LogP contribution is -2.41. The zero-order valence-corrected chi connectivity index (χ0v) is 10.6. The molecule has 1 aliphatic rings. The fourth-order valence-corrected chi connectivity index (χ4v) is 2.72. The van der Waals surface area contributed by atoms with Crippen molar-refractivity contribution >= 4 is 0 Å². The quantitative estimate of drug-likeness (QED) is 0.864. The number of nitrogens with two attached hydrogens (primary N) is 1. The van der Waals surface area contributed by atoms with Gasteiger partial charge in [-0.1, -0.05) is 43.2 Å². The molecule has 1 unspecified atom stereocenters. The minimum Gasteiger partial charge on any atom is -0.329 e. The molecular formula is C15H24N2. The summed E-state index contributed by atoms with van der Waals surface area (Å²) >= 11 is 0. The van der Waals surface area contributed by atoms with Gasteiger partial charge in [-0.05, 0) is 31.4 Å². The van der Waals surface area contributed by atoms with Crippen LogP contribution in [0.15, 0.2) is 30.3 Å². The number of hydrogen-bond donors (Lipinski definition) is 1. The largest absolute Gasteiger partial charge is 0.329 e. The summed E-state index contributed by atoms with van der Waals surface area (Å²) in [6, 6.07) is 11.4. The zero-order valence-electron chi connectivity index (χ0n) is 10.6. The third kappa shape index (κ3) is 3.83. The van der Waals surface area contributed by atoms with Crippen molar-refractivity contribution in [2.75, 3.05) is 19.6 Å². The third-order valence-corrected chi connectivity index (χ3v) is 3.80. The highest BCUT2D eigenvalue weighted by atomic mass is 15.2. The smallest absolute Gasteiger partial charge is 0.0218 e. The van der Waals surface area contributed by atoms with Crippen molar-refractivity contribution in [3.05, 3.63) is 35.9 Å². The lowest BCUT2D eigenvalue weighted by molar-refractivity contribution is 0.207. The molecule has 0 saturated carbocycles. The normalized spacial score (nSPS) is 22.3. The standard InChI is InChI=1S/C15H24N2/c16-13-15-9-5-2-6-11-17(15)12-10-14-7-3-1-4-8-14/h1,3-4,7-8,15H,2,5-6,9-13,16H2. The highest BCUT2D eigenvalue weighted by Gasteiger charge is 2.18. The van der Waals surface area contributed by atoms with Crippen LogP contribution in [0, 0.1) is 0 Å². The van der Waals surface area contributed by atoms with Crippen LogP contribution in [0.25, 0.3) is 0 Å². The molecule has 2 nitrogen and oxygen atoms in total. The van der Waals surface area contributed by atoms with Gasteiger partial charge in [0.2, 0.25) is 0 Å². The summed E-state index contributed by atoms with van der Waals surface area (Å²) in [4.78, 5) is 2.60. The number of rotatable bonds is 4. The second-order valence-electron chi connectivity index (χ2n) is 5.01. The van der Waals surface area contributed by atoms with Gasteiger partial charge in [-0.2, -0.15) is 0 Å². The molecule has 0 radical (unpaired) electrons. The van der Waals surface area contributed by atoms with E-state index in [2.05, 4.69) is 35.2 Å². The zero-order chi connectivity index (χ0) is 11.9. The van der Waals surface area contributed by atoms with Gasteiger partial charge in [-0.3, -0.25) is 4.90 Å². The lowest BCUT2D eigenvalue weighted by atomic mass is 10.1. The number of hydrogen-bond acceptors (Lipinski definition) is 2. The van der Waals surface area contributed by atoms with Gasteiger partial charge in [0.1, 0.15) is 0 Å². The van der Waals surface area contributed by atoms with Crippen LogP contribution >= 0.6 is 0 Å². The third-order valence-electron chi connectivity index (χ3n) is 3.80. The maximum Gasteiger partial charge on any atom is 0.0218 e. The van der Waals surface area contributed by atoms with Crippen LogP contribution in [0.4, 0.5) is 0 Å². The van der Waals surface area contributed by atoms with Gasteiger partial charge in [0.05, 0.1) is 0 Å². The Kier molecular flexibility index (Phi) is 5.02. The van der Waals surface area contributed by atoms with Crippen molar-refractivity contribution in [2.24, 2.45) is 5.73 Å². The molecule has 1 fully saturated rings. The molecule has 1 heterocycles. The summed E-state index contributed by atoms with van der Waals surface area (Å²) < 4.78 is 0. The molecule has 0 spiro atoms. The van der Waals surface area contributed by atoms with E-state index < -0.39 is 0 Å². The second-order valence-corrected chi connectivity index (χ2v) is 5.01. The molecule has 1 aliphatic heterocycles. The van der Waals surface area contributed by atoms with E-state index >= 15 is 0 Å². The first-order valence-electron chi connectivity index (χ1n) is 6.88. The molecule has 0 aliphatic carbocycles. The highest BCUT2D eigenvalue weighted by Crippen LogP contribution is 2.16. The maximum absolute atomic E-state index is 5.89. The van der Waals surface area contributed by atoms with Crippen LogP contribution in [0.2, 0.25) is 0 Å². The topological polar surface area (TPSA) is 29.3 Å². The molecule has 0 aromatic heterocycles. The van der Waals surface area contributed by atoms with Crippen molar-refractivity contribution in [3.63, 3.8) is 0 Å². The van der Waals surface area contributed by atoms with E-state index in [4.69, 9.17) is 5.73 Å². The van der Waals surface area contributed by atoms with Crippen LogP contribution in [-0.2, 0) is 6.42 Å². The molecular weight excluding hydrogens is 208 g/mol. The fraction of sp³-hybridized carbons (Fsp3) is 0.600. The monoisotopic (exact) mass is 232 g/mol. The molecule has 0 bridgehead atoms. The summed E-state index contributed by atoms with van der Waals surface area (Å²) in [5.41, 5.74) is 7.33. The van der Waals surface area contributed by atoms with Gasteiger partial charge in [0.15, 0.2) is 0 Å². The Morgan fingerprint density at radius 2 is 1.94 bits per heavy atom. The molecule has 17 heavy (non-hydrogen) atoms. The average molecular weight is 232 g/mol. The first-order valence-corrected chi connectivity index (χ1v) is 6.88. The van der Waals surface area contributed by atoms with E-state index in [1.54, 1.807) is 0 Å². The molecule has 0 amide bonds. The van der Waals surface area contributed by atoms with E-state index in [0.717, 1.165) is 19.5 Å². The Bertz CT molecular complexity index is 310. The molecule has 2 heteroatoms. The Hall–Kier alpha value is -0.860. The average Bonchev–Trinajstić information content (AvgIpc) is 2.62. The molecule has 1 aromatic rings. The predicted molar refractivity (Wildman–Crippen MR) is 73.0 cm³/mol. The van der Waals surface area contributed by atoms with Gasteiger partial charge in [0, 0.05) is 19.1 Å². The maximum atomic E-state index is 5.89. The number of nitrogens with zero attached hydrogens (tertiary/aromatic N) is 1. The minimum atomic E-state index is 0.612. The molecule has 2 N–H and O–H groups in total. The summed E-state index contributed by atoms with van der Waals surface area (Å²) in [7, 11) is 0. The molecule has 1 saturated heterocycles. The van der Waals surface area contributed by atoms with Crippen LogP contribution in [-0.4, -0.2) is 30.6 Å². The molecule has 1 atom stereocenters. The summed E-state index contributed by atoms with van der Waals surface area (Å²) in [6.45, 7) is 3.20. The van der Waals surface area contributed by atoms with Crippen LogP contribution in [0.5, 0.6) is 0 Å². The van der Waals surface area contributed by atoms with Crippen molar-refractivity contribution in [2.45, 2.75) is 38.1 Å². The minimum absolute atomic E-state index is 0.612. The van der Waals surface area contributed by atoms with Gasteiger partial charge >= 0.3 is 0 Å². The Balaban J connectivity index is 1.87. The van der Waals surface area contributed by atoms with Crippen molar-refractivity contribution < 1.29 is 0 Å². The van der Waals surface area contributed by atoms with Crippen LogP contribution < -0.4 is 5.73 Å². The molecule has 94 valence electrons. The fourth-order valence-electron chi connectivity index (χ4n) is 2.72. The van der Waals surface area contributed by atoms with Gasteiger partial charge < -0.3 is 5.73 Å². The van der Waals surface area contributed by atoms with Crippen molar-refractivity contribution in [3.8, 4) is 0 Å². The summed E-state index contributed by atoms with van der Waals surface area (Å²) in [5, 5.41) is 0. The van der Waals surface area contributed by atoms with Crippen molar-refractivity contribution in [1.82, 2.24) is 4.90 Å². The van der Waals surface area contributed by atoms with Gasteiger partial charge in [-0.25, -0.2) is 0 Å². The van der Waals surface area contributed by atoms with E-state index in [0.29, 0.717) is 6.04 Å². The summed E-state index contributed by atoms with van der Waals surface area (Å²) in [6.07, 6.45) is 6.50. The lowest BCUT2D eigenvalue weighted by Gasteiger charge is -2.28. The Labute approximate surface area is 105 Å². The number of likely N-dealkylation sites (tertiary alicyclic amines) is 1. The van der Waals surface area contributed by atoms with Gasteiger partial charge in [-0.15, -0.1) is 0 Å². The summed E-state index contributed by atoms with van der Waals surface area (Å²) in [5.74, 6) is 0. The van der Waals surface area contributed by atoms with E-state index in [-0.39, 0.29) is 0 Å². The predicted octanol–water partition coefficient (Wildman–Crippen LogP) is 2.43. The highest BCUT2D eigenvalue weighted by molar-refractivity contribution is 5.14. The van der Waals surface area contributed by atoms with Crippen LogP contribution in [0.1, 0.15) is 31.2 Å². The number of benzene rings is 1. The Morgan fingerprint density at radius 1 is 1.12 bits per heavy atom. The molecule has 1 aromatic carbocycles. The SMILES string of the molecule is NCC1CCCCCN1CCc1ccccc1. The van der Waals surface area contributed by atoms with Crippen molar-refractivity contribution in [1.29, 1.82) is 0 Å². The first-order chi connectivity index (χ1) is 8.40. The van der Waals surface area contributed by atoms with Crippen LogP contribution in [0.3, 0.4) is 0 Å². The van der Waals surface area contributed by atoms with E-state index in [1.807, 2.05) is 0 Å². The van der Waals surface area contributed by atoms with E-state index in [1.165, 1.54) is 37.8 Å². The second kappa shape index (κ2) is 6.77. The van der Waals surface area contributed by atoms with E-state index in [9.17, 15) is 0 Å². The molecule has 2 rings (SSSR count). The van der Waals surface area contributed by atoms with Gasteiger partial charge in [0.25, 0.3) is 0 Å². The Morgan fingerprint density at radius 3 is 2.71 bits per heavy atom.